The normalized spacial score (nSPS) is 22.0. The number of hydrogen-bond acceptors (Lipinski definition) is 8. The Hall–Kier alpha value is -2.18. The molecule has 4 amide bonds. The van der Waals surface area contributed by atoms with E-state index in [2.05, 4.69) is 5.32 Å². The lowest BCUT2D eigenvalue weighted by molar-refractivity contribution is -0.138. The summed E-state index contributed by atoms with van der Waals surface area (Å²) in [5, 5.41) is 3.94. The minimum atomic E-state index is -3.13. The number of carbonyl (C=O) groups excluding carboxylic acids is 4. The van der Waals surface area contributed by atoms with E-state index in [1.165, 1.54) is 16.2 Å². The van der Waals surface area contributed by atoms with Gasteiger partial charge in [0.05, 0.1) is 23.0 Å². The van der Waals surface area contributed by atoms with Crippen LogP contribution >= 0.6 is 23.1 Å². The largest absolute Gasteiger partial charge is 0.351 e. The van der Waals surface area contributed by atoms with Crippen molar-refractivity contribution >= 4 is 62.0 Å². The first kappa shape index (κ1) is 22.5. The van der Waals surface area contributed by atoms with Crippen molar-refractivity contribution in [3.8, 4) is 0 Å². The molecule has 12 heteroatoms. The van der Waals surface area contributed by atoms with Gasteiger partial charge in [-0.25, -0.2) is 8.42 Å². The summed E-state index contributed by atoms with van der Waals surface area (Å²) in [7, 11) is -3.13. The van der Waals surface area contributed by atoms with E-state index in [1.807, 2.05) is 17.5 Å². The monoisotopic (exact) mass is 471 g/mol. The van der Waals surface area contributed by atoms with Crippen LogP contribution in [0.15, 0.2) is 22.4 Å². The fourth-order valence-corrected chi connectivity index (χ4v) is 6.34. The lowest BCUT2D eigenvalue weighted by Crippen LogP contribution is -2.47. The van der Waals surface area contributed by atoms with Crippen molar-refractivity contribution in [2.45, 2.75) is 19.4 Å². The molecule has 1 N–H and O–H groups in total. The zero-order valence-electron chi connectivity index (χ0n) is 16.2. The highest BCUT2D eigenvalue weighted by atomic mass is 32.2. The summed E-state index contributed by atoms with van der Waals surface area (Å²) in [6.07, 6.45) is 1.96. The molecule has 30 heavy (non-hydrogen) atoms. The van der Waals surface area contributed by atoms with Gasteiger partial charge in [0.25, 0.3) is 11.1 Å². The molecule has 0 saturated carbocycles. The summed E-state index contributed by atoms with van der Waals surface area (Å²) in [6, 6.07) is 3.19. The maximum absolute atomic E-state index is 12.6. The third-order valence-electron chi connectivity index (χ3n) is 4.65. The molecule has 0 radical (unpaired) electrons. The molecule has 0 bridgehead atoms. The van der Waals surface area contributed by atoms with Crippen molar-refractivity contribution < 1.29 is 27.6 Å². The SMILES string of the molecule is CCN(CC(=O)NC1CCS(=O)(=O)C1)C(=O)CN1C(=O)S/C(=C\c2cccs2)C1=O. The fraction of sp³-hybridized carbons (Fsp3) is 0.444. The van der Waals surface area contributed by atoms with Gasteiger partial charge in [-0.3, -0.25) is 24.1 Å². The van der Waals surface area contributed by atoms with Gasteiger partial charge in [-0.05, 0) is 42.6 Å². The Balaban J connectivity index is 1.57. The van der Waals surface area contributed by atoms with Crippen molar-refractivity contribution in [2.75, 3.05) is 31.1 Å². The van der Waals surface area contributed by atoms with Gasteiger partial charge in [-0.15, -0.1) is 11.3 Å². The van der Waals surface area contributed by atoms with E-state index < -0.39 is 45.4 Å². The molecule has 0 aliphatic carbocycles. The number of thiophene rings is 1. The average Bonchev–Trinajstić information content (AvgIpc) is 3.37. The molecule has 2 aliphatic rings. The second-order valence-electron chi connectivity index (χ2n) is 6.86. The molecule has 3 rings (SSSR count). The molecular formula is C18H21N3O6S3. The van der Waals surface area contributed by atoms with Crippen LogP contribution in [0.1, 0.15) is 18.2 Å². The lowest BCUT2D eigenvalue weighted by atomic mass is 10.2. The highest BCUT2D eigenvalue weighted by Crippen LogP contribution is 2.32. The Bertz CT molecular complexity index is 987. The van der Waals surface area contributed by atoms with Gasteiger partial charge in [-0.2, -0.15) is 0 Å². The number of thioether (sulfide) groups is 1. The number of nitrogens with one attached hydrogen (secondary N) is 1. The van der Waals surface area contributed by atoms with Gasteiger partial charge < -0.3 is 10.2 Å². The maximum Gasteiger partial charge on any atom is 0.294 e. The van der Waals surface area contributed by atoms with E-state index >= 15 is 0 Å². The van der Waals surface area contributed by atoms with Crippen LogP contribution in [0.25, 0.3) is 6.08 Å². The van der Waals surface area contributed by atoms with Crippen LogP contribution in [-0.2, 0) is 24.2 Å². The number of sulfone groups is 1. The number of hydrogen-bond donors (Lipinski definition) is 1. The van der Waals surface area contributed by atoms with E-state index in [4.69, 9.17) is 0 Å². The standard InChI is InChI=1S/C18H21N3O6S3/c1-2-20(9-15(22)19-12-5-7-30(26,27)11-12)16(23)10-21-17(24)14(29-18(21)25)8-13-4-3-6-28-13/h3-4,6,8,12H,2,5,7,9-11H2,1H3,(H,19,22)/b14-8-. The van der Waals surface area contributed by atoms with Gasteiger partial charge in [0.2, 0.25) is 11.8 Å². The fourth-order valence-electron chi connectivity index (χ4n) is 3.11. The summed E-state index contributed by atoms with van der Waals surface area (Å²) in [4.78, 5) is 52.7. The lowest BCUT2D eigenvalue weighted by Gasteiger charge is -2.23. The first-order valence-electron chi connectivity index (χ1n) is 9.25. The van der Waals surface area contributed by atoms with Crippen LogP contribution in [0.3, 0.4) is 0 Å². The molecule has 0 spiro atoms. The molecule has 1 aromatic rings. The first-order chi connectivity index (χ1) is 14.2. The van der Waals surface area contributed by atoms with Gasteiger partial charge in [0.1, 0.15) is 6.54 Å². The van der Waals surface area contributed by atoms with Crippen molar-refractivity contribution in [1.82, 2.24) is 15.1 Å². The second-order valence-corrected chi connectivity index (χ2v) is 11.1. The summed E-state index contributed by atoms with van der Waals surface area (Å²) in [5.41, 5.74) is 0. The summed E-state index contributed by atoms with van der Waals surface area (Å²) >= 11 is 2.20. The van der Waals surface area contributed by atoms with Gasteiger partial charge in [-0.1, -0.05) is 6.07 Å². The number of amides is 4. The van der Waals surface area contributed by atoms with E-state index in [-0.39, 0.29) is 29.5 Å². The number of rotatable bonds is 7. The summed E-state index contributed by atoms with van der Waals surface area (Å²) in [5.74, 6) is -1.62. The molecule has 9 nitrogen and oxygen atoms in total. The van der Waals surface area contributed by atoms with Crippen LogP contribution in [0.5, 0.6) is 0 Å². The Morgan fingerprint density at radius 2 is 2.13 bits per heavy atom. The minimum absolute atomic E-state index is 0.0343. The summed E-state index contributed by atoms with van der Waals surface area (Å²) < 4.78 is 23.0. The van der Waals surface area contributed by atoms with Gasteiger partial charge in [0, 0.05) is 17.5 Å². The second kappa shape index (κ2) is 9.31. The van der Waals surface area contributed by atoms with E-state index in [1.54, 1.807) is 13.0 Å². The minimum Gasteiger partial charge on any atom is -0.351 e. The summed E-state index contributed by atoms with van der Waals surface area (Å²) in [6.45, 7) is 1.16. The molecular weight excluding hydrogens is 450 g/mol. The predicted octanol–water partition coefficient (Wildman–Crippen LogP) is 0.936. The van der Waals surface area contributed by atoms with E-state index in [9.17, 15) is 27.6 Å². The average molecular weight is 472 g/mol. The number of imide groups is 1. The highest BCUT2D eigenvalue weighted by Gasteiger charge is 2.37. The Kier molecular flexibility index (Phi) is 6.98. The van der Waals surface area contributed by atoms with Gasteiger partial charge >= 0.3 is 0 Å². The molecule has 1 atom stereocenters. The van der Waals surface area contributed by atoms with Crippen molar-refractivity contribution in [3.05, 3.63) is 27.3 Å². The molecule has 2 saturated heterocycles. The number of likely N-dealkylation sites (N-methyl/N-ethyl adjacent to an activating group) is 1. The maximum atomic E-state index is 12.6. The molecule has 3 heterocycles. The van der Waals surface area contributed by atoms with Crippen molar-refractivity contribution in [3.63, 3.8) is 0 Å². The van der Waals surface area contributed by atoms with Crippen LogP contribution in [0.2, 0.25) is 0 Å². The van der Waals surface area contributed by atoms with Crippen LogP contribution in [0, 0.1) is 0 Å². The van der Waals surface area contributed by atoms with Crippen LogP contribution < -0.4 is 5.32 Å². The number of nitrogens with zero attached hydrogens (tertiary/aromatic N) is 2. The zero-order chi connectivity index (χ0) is 21.9. The van der Waals surface area contributed by atoms with Crippen LogP contribution in [-0.4, -0.2) is 78.4 Å². The smallest absolute Gasteiger partial charge is 0.294 e. The zero-order valence-corrected chi connectivity index (χ0v) is 18.6. The van der Waals surface area contributed by atoms with Gasteiger partial charge in [0.15, 0.2) is 9.84 Å². The molecule has 1 unspecified atom stereocenters. The van der Waals surface area contributed by atoms with Crippen molar-refractivity contribution in [1.29, 1.82) is 0 Å². The molecule has 0 aromatic carbocycles. The van der Waals surface area contributed by atoms with Crippen molar-refractivity contribution in [2.24, 2.45) is 0 Å². The molecule has 2 fully saturated rings. The van der Waals surface area contributed by atoms with Crippen LogP contribution in [0.4, 0.5) is 4.79 Å². The quantitative estimate of drug-likeness (QED) is 0.588. The first-order valence-corrected chi connectivity index (χ1v) is 12.8. The Morgan fingerprint density at radius 3 is 2.73 bits per heavy atom. The molecule has 162 valence electrons. The third-order valence-corrected chi connectivity index (χ3v) is 8.14. The number of carbonyl (C=O) groups is 4. The Morgan fingerprint density at radius 1 is 1.37 bits per heavy atom. The van der Waals surface area contributed by atoms with E-state index in [0.29, 0.717) is 6.42 Å². The third kappa shape index (κ3) is 5.49. The molecule has 2 aliphatic heterocycles. The highest BCUT2D eigenvalue weighted by molar-refractivity contribution is 8.18. The topological polar surface area (TPSA) is 121 Å². The van der Waals surface area contributed by atoms with E-state index in [0.717, 1.165) is 21.5 Å². The predicted molar refractivity (Wildman–Crippen MR) is 114 cm³/mol. The Labute approximate surface area is 182 Å². The molecule has 1 aromatic heterocycles.